The molecule has 10 rings (SSSR count). The first-order valence-electron chi connectivity index (χ1n) is 24.2. The molecule has 6 heterocycles. The fourth-order valence-corrected chi connectivity index (χ4v) is 7.92. The molecule has 0 aliphatic heterocycles. The van der Waals surface area contributed by atoms with Crippen LogP contribution in [0.15, 0.2) is 207 Å². The van der Waals surface area contributed by atoms with Gasteiger partial charge in [0.2, 0.25) is 0 Å². The Balaban J connectivity index is 0.000000325. The molecule has 0 aliphatic carbocycles. The summed E-state index contributed by atoms with van der Waals surface area (Å²) in [5.41, 5.74) is 2.83. The van der Waals surface area contributed by atoms with E-state index in [1.165, 1.54) is 107 Å². The molecular weight excluding hydrogens is 1230 g/mol. The van der Waals surface area contributed by atoms with E-state index in [0.717, 1.165) is 24.3 Å². The maximum Gasteiger partial charge on any atom is 2.00 e. The van der Waals surface area contributed by atoms with Crippen molar-refractivity contribution in [2.75, 3.05) is 0 Å². The quantitative estimate of drug-likeness (QED) is 0.113. The van der Waals surface area contributed by atoms with Gasteiger partial charge in [0.05, 0.1) is 68.9 Å². The zero-order valence-electron chi connectivity index (χ0n) is 44.6. The van der Waals surface area contributed by atoms with Gasteiger partial charge in [-0.2, -0.15) is 0 Å². The number of carbonyl (C=O) groups excluding carboxylic acids is 4. The van der Waals surface area contributed by atoms with Gasteiger partial charge in [0.1, 0.15) is 0 Å². The Labute approximate surface area is 517 Å². The molecule has 0 saturated heterocycles. The third kappa shape index (κ3) is 18.2. The second-order valence-corrected chi connectivity index (χ2v) is 17.2. The molecule has 0 unspecified atom stereocenters. The first-order valence-corrected chi connectivity index (χ1v) is 24.2. The smallest absolute Gasteiger partial charge is 0.545 e. The van der Waals surface area contributed by atoms with Gasteiger partial charge in [-0.25, -0.2) is 29.1 Å². The first kappa shape index (κ1) is 70.7. The number of carboxylic acids is 8. The van der Waals surface area contributed by atoms with Crippen molar-refractivity contribution in [3.05, 3.63) is 252 Å². The summed E-state index contributed by atoms with van der Waals surface area (Å²) in [5, 5.41) is 82.2. The second kappa shape index (κ2) is 33.1. The van der Waals surface area contributed by atoms with Gasteiger partial charge in [0, 0.05) is 94.1 Å². The maximum atomic E-state index is 11.5. The number of aromatic nitrogens is 6. The summed E-state index contributed by atoms with van der Waals surface area (Å²) in [5.74, 6) is -11.7. The fourth-order valence-electron chi connectivity index (χ4n) is 7.92. The van der Waals surface area contributed by atoms with E-state index in [4.69, 9.17) is 20.4 Å². The van der Waals surface area contributed by atoms with Crippen molar-refractivity contribution in [3.8, 4) is 67.3 Å². The molecule has 0 fully saturated rings. The van der Waals surface area contributed by atoms with Crippen LogP contribution < -0.4 is 20.4 Å². The Morgan fingerprint density at radius 1 is 0.284 bits per heavy atom. The molecule has 10 aromatic rings. The molecule has 0 spiro atoms. The van der Waals surface area contributed by atoms with Crippen LogP contribution in [0, 0.1) is 0 Å². The Bertz CT molecular complexity index is 3610. The number of hydrogen-bond acceptors (Lipinski definition) is 18. The Kier molecular flexibility index (Phi) is 26.6. The van der Waals surface area contributed by atoms with Gasteiger partial charge in [0.15, 0.2) is 0 Å². The number of rotatable bonds is 14. The third-order valence-electron chi connectivity index (χ3n) is 11.9. The molecule has 8 N–H and O–H groups in total. The SMILES string of the molecule is O.O.O=C(O)c1ccc(-c2cccc(-c3ccc(C(=O)O)cc3C(=O)[O-])n2)c(C(=O)[O-])c1.O=C(O)c1ccc(-c2cccc(-c3ccc(C(=O)O)cc3C(=O)[O-])n2)c(C(=O)[O-])c1.[Ni+2].[Ni+2].c1cc(-c2ccncc2)ccn1.c1cc(-c2ccncc2)ccn1. The summed E-state index contributed by atoms with van der Waals surface area (Å²) < 4.78 is 0. The zero-order valence-corrected chi connectivity index (χ0v) is 46.6. The van der Waals surface area contributed by atoms with Gasteiger partial charge in [-0.3, -0.25) is 19.9 Å². The van der Waals surface area contributed by atoms with E-state index >= 15 is 0 Å². The molecule has 0 saturated carbocycles. The molecule has 26 heteroatoms. The molecule has 0 atom stereocenters. The Morgan fingerprint density at radius 2 is 0.466 bits per heavy atom. The molecule has 6 aromatic heterocycles. The number of pyridine rings is 6. The minimum absolute atomic E-state index is 0. The van der Waals surface area contributed by atoms with Crippen LogP contribution in [-0.2, 0) is 33.0 Å². The molecule has 0 radical (unpaired) electrons. The molecule has 448 valence electrons. The van der Waals surface area contributed by atoms with Gasteiger partial charge in [0.25, 0.3) is 0 Å². The summed E-state index contributed by atoms with van der Waals surface area (Å²) in [6.07, 6.45) is 14.3. The van der Waals surface area contributed by atoms with Crippen molar-refractivity contribution in [3.63, 3.8) is 0 Å². The van der Waals surface area contributed by atoms with Gasteiger partial charge in [-0.05, 0) is 144 Å². The standard InChI is InChI=1S/2C21H13NO8.2C10H8N2.2Ni.2H2O/c2*23-18(24)10-4-6-12(14(8-10)20(27)28)16-2-1-3-17(22-16)13-7-5-11(19(25)26)9-15(13)21(29)30;2*1-5-11-6-2-9(1)10-3-7-12-8-4-10;;;;/h2*1-9H,(H,23,24)(H,25,26)(H,27,28)(H,29,30);2*1-8H;;;2*1H2/q;;;;2*+2;;/p-4. The normalized spacial score (nSPS) is 9.73. The number of carboxylic acid groups (broad SMARTS) is 8. The third-order valence-corrected chi connectivity index (χ3v) is 11.9. The van der Waals surface area contributed by atoms with Crippen LogP contribution in [-0.4, -0.2) is 109 Å². The van der Waals surface area contributed by atoms with Gasteiger partial charge >= 0.3 is 56.9 Å². The minimum Gasteiger partial charge on any atom is -0.545 e. The Morgan fingerprint density at radius 3 is 0.625 bits per heavy atom. The largest absolute Gasteiger partial charge is 2.00 e. The molecule has 24 nitrogen and oxygen atoms in total. The van der Waals surface area contributed by atoms with E-state index in [2.05, 4.69) is 29.9 Å². The molecule has 0 amide bonds. The van der Waals surface area contributed by atoms with Crippen LogP contribution in [0.5, 0.6) is 0 Å². The van der Waals surface area contributed by atoms with Crippen molar-refractivity contribution in [2.24, 2.45) is 0 Å². The summed E-state index contributed by atoms with van der Waals surface area (Å²) in [7, 11) is 0. The average Bonchev–Trinajstić information content (AvgIpc) is 3.08. The summed E-state index contributed by atoms with van der Waals surface area (Å²) in [4.78, 5) is 115. The number of aromatic carboxylic acids is 8. The summed E-state index contributed by atoms with van der Waals surface area (Å²) in [6.45, 7) is 0. The average molecular weight is 1280 g/mol. The van der Waals surface area contributed by atoms with E-state index in [9.17, 15) is 58.8 Å². The van der Waals surface area contributed by atoms with Crippen molar-refractivity contribution >= 4 is 47.8 Å². The van der Waals surface area contributed by atoms with Crippen molar-refractivity contribution in [1.82, 2.24) is 29.9 Å². The van der Waals surface area contributed by atoms with Crippen LogP contribution >= 0.6 is 0 Å². The van der Waals surface area contributed by atoms with Gasteiger partial charge in [-0.1, -0.05) is 36.4 Å². The van der Waals surface area contributed by atoms with Crippen LogP contribution in [0.25, 0.3) is 67.3 Å². The minimum atomic E-state index is -1.61. The first-order chi connectivity index (χ1) is 40.3. The topological polar surface area (TPSA) is 450 Å². The predicted molar refractivity (Wildman–Crippen MR) is 298 cm³/mol. The molecule has 88 heavy (non-hydrogen) atoms. The second-order valence-electron chi connectivity index (χ2n) is 17.2. The van der Waals surface area contributed by atoms with Crippen molar-refractivity contribution < 1.29 is 123 Å². The van der Waals surface area contributed by atoms with E-state index in [1.54, 1.807) is 49.6 Å². The molecule has 0 bridgehead atoms. The van der Waals surface area contributed by atoms with Crippen LogP contribution in [0.4, 0.5) is 0 Å². The van der Waals surface area contributed by atoms with Crippen molar-refractivity contribution in [1.29, 1.82) is 0 Å². The molecule has 4 aromatic carbocycles. The number of hydrogen-bond donors (Lipinski definition) is 4. The van der Waals surface area contributed by atoms with E-state index in [0.29, 0.717) is 0 Å². The molecular formula is C62H42N6Ni2O18. The number of nitrogens with zero attached hydrogens (tertiary/aromatic N) is 6. The van der Waals surface area contributed by atoms with E-state index < -0.39 is 70.0 Å². The monoisotopic (exact) mass is 1270 g/mol. The molecule has 0 aliphatic rings. The van der Waals surface area contributed by atoms with Gasteiger partial charge < -0.3 is 71.0 Å². The van der Waals surface area contributed by atoms with E-state index in [1.807, 2.05) is 48.5 Å². The predicted octanol–water partition coefficient (Wildman–Crippen LogP) is 3.71. The van der Waals surface area contributed by atoms with Gasteiger partial charge in [-0.15, -0.1) is 0 Å². The number of carbonyl (C=O) groups is 8. The summed E-state index contributed by atoms with van der Waals surface area (Å²) in [6, 6.07) is 38.2. The van der Waals surface area contributed by atoms with Crippen molar-refractivity contribution in [2.45, 2.75) is 0 Å². The van der Waals surface area contributed by atoms with Crippen LogP contribution in [0.3, 0.4) is 0 Å². The maximum absolute atomic E-state index is 11.5. The Hall–Kier alpha value is -11.6. The van der Waals surface area contributed by atoms with Crippen LogP contribution in [0.1, 0.15) is 82.9 Å². The number of benzene rings is 4. The zero-order chi connectivity index (χ0) is 60.5. The van der Waals surface area contributed by atoms with Crippen LogP contribution in [0.2, 0.25) is 0 Å². The van der Waals surface area contributed by atoms with E-state index in [-0.39, 0.29) is 111 Å². The summed E-state index contributed by atoms with van der Waals surface area (Å²) >= 11 is 0. The fraction of sp³-hybridized carbons (Fsp3) is 0.